The molecule has 2 heterocycles. The van der Waals surface area contributed by atoms with Crippen LogP contribution in [0.3, 0.4) is 0 Å². The molecule has 35 heavy (non-hydrogen) atoms. The summed E-state index contributed by atoms with van der Waals surface area (Å²) >= 11 is 1.57. The molecule has 0 aliphatic carbocycles. The number of thioether (sulfide) groups is 1. The molecule has 2 aromatic carbocycles. The van der Waals surface area contributed by atoms with Crippen LogP contribution >= 0.6 is 11.8 Å². The van der Waals surface area contributed by atoms with E-state index in [2.05, 4.69) is 15.6 Å². The number of anilines is 1. The van der Waals surface area contributed by atoms with Gasteiger partial charge in [-0.15, -0.1) is 11.8 Å². The van der Waals surface area contributed by atoms with Gasteiger partial charge in [-0.1, -0.05) is 24.3 Å². The molecule has 0 atom stereocenters. The number of amides is 2. The molecule has 4 aromatic rings. The van der Waals surface area contributed by atoms with Crippen molar-refractivity contribution in [1.82, 2.24) is 14.7 Å². The molecule has 0 bridgehead atoms. The molecule has 0 unspecified atom stereocenters. The van der Waals surface area contributed by atoms with Gasteiger partial charge in [-0.05, 0) is 55.8 Å². The average molecular weight is 489 g/mol. The Morgan fingerprint density at radius 3 is 2.74 bits per heavy atom. The highest BCUT2D eigenvalue weighted by atomic mass is 32.2. The van der Waals surface area contributed by atoms with E-state index in [0.29, 0.717) is 42.3 Å². The minimum atomic E-state index is -0.225. The fourth-order valence-corrected chi connectivity index (χ4v) is 4.48. The van der Waals surface area contributed by atoms with Crippen LogP contribution in [0.25, 0.3) is 5.65 Å². The van der Waals surface area contributed by atoms with Crippen LogP contribution in [0.15, 0.2) is 84.0 Å². The van der Waals surface area contributed by atoms with Crippen molar-refractivity contribution in [2.45, 2.75) is 24.0 Å². The number of carbonyl (C=O) groups is 2. The Hall–Kier alpha value is -3.62. The van der Waals surface area contributed by atoms with Crippen LogP contribution in [0.2, 0.25) is 0 Å². The van der Waals surface area contributed by atoms with Crippen LogP contribution in [0.5, 0.6) is 0 Å². The third-order valence-electron chi connectivity index (χ3n) is 5.26. The molecule has 2 amide bonds. The van der Waals surface area contributed by atoms with E-state index in [1.54, 1.807) is 42.1 Å². The number of ether oxygens (including phenoxy) is 1. The van der Waals surface area contributed by atoms with Crippen LogP contribution in [-0.2, 0) is 10.5 Å². The normalized spacial score (nSPS) is 10.9. The van der Waals surface area contributed by atoms with Crippen molar-refractivity contribution >= 4 is 34.9 Å². The van der Waals surface area contributed by atoms with E-state index < -0.39 is 0 Å². The first-order valence-electron chi connectivity index (χ1n) is 11.6. The Balaban J connectivity index is 1.38. The third kappa shape index (κ3) is 6.71. The number of fused-ring (bicyclic) bond motifs is 1. The van der Waals surface area contributed by atoms with Gasteiger partial charge in [0, 0.05) is 54.1 Å². The fraction of sp³-hybridized carbons (Fsp3) is 0.222. The van der Waals surface area contributed by atoms with E-state index in [4.69, 9.17) is 4.74 Å². The van der Waals surface area contributed by atoms with Gasteiger partial charge in [0.15, 0.2) is 0 Å². The van der Waals surface area contributed by atoms with Crippen molar-refractivity contribution in [1.29, 1.82) is 0 Å². The van der Waals surface area contributed by atoms with Crippen molar-refractivity contribution in [2.24, 2.45) is 0 Å². The summed E-state index contributed by atoms with van der Waals surface area (Å²) in [6, 6.07) is 20.3. The number of imidazole rings is 1. The minimum absolute atomic E-state index is 0.180. The van der Waals surface area contributed by atoms with Crippen molar-refractivity contribution in [3.8, 4) is 0 Å². The molecule has 7 nitrogen and oxygen atoms in total. The number of nitrogens with one attached hydrogen (secondary N) is 2. The van der Waals surface area contributed by atoms with Gasteiger partial charge in [-0.3, -0.25) is 9.59 Å². The van der Waals surface area contributed by atoms with E-state index in [1.807, 2.05) is 60.1 Å². The summed E-state index contributed by atoms with van der Waals surface area (Å²) in [5.74, 6) is 0.239. The summed E-state index contributed by atoms with van der Waals surface area (Å²) in [6.45, 7) is 3.75. The maximum absolute atomic E-state index is 13.1. The smallest absolute Gasteiger partial charge is 0.256 e. The molecule has 2 aromatic heterocycles. The van der Waals surface area contributed by atoms with Crippen molar-refractivity contribution in [3.05, 3.63) is 95.9 Å². The highest BCUT2D eigenvalue weighted by Crippen LogP contribution is 2.27. The number of nitrogens with zero attached hydrogens (tertiary/aromatic N) is 2. The molecule has 0 saturated heterocycles. The molecule has 0 aliphatic heterocycles. The minimum Gasteiger partial charge on any atom is -0.382 e. The number of pyridine rings is 1. The highest BCUT2D eigenvalue weighted by molar-refractivity contribution is 7.98. The molecule has 2 N–H and O–H groups in total. The molecule has 180 valence electrons. The maximum atomic E-state index is 13.1. The largest absolute Gasteiger partial charge is 0.382 e. The molecule has 0 saturated carbocycles. The van der Waals surface area contributed by atoms with Gasteiger partial charge >= 0.3 is 0 Å². The van der Waals surface area contributed by atoms with Gasteiger partial charge in [0.1, 0.15) is 5.65 Å². The third-order valence-corrected chi connectivity index (χ3v) is 6.37. The Morgan fingerprint density at radius 1 is 1.03 bits per heavy atom. The Morgan fingerprint density at radius 2 is 1.89 bits per heavy atom. The van der Waals surface area contributed by atoms with Gasteiger partial charge in [0.05, 0.1) is 11.3 Å². The average Bonchev–Trinajstić information content (AvgIpc) is 3.30. The first kappa shape index (κ1) is 24.5. The zero-order valence-electron chi connectivity index (χ0n) is 19.6. The fourth-order valence-electron chi connectivity index (χ4n) is 3.55. The van der Waals surface area contributed by atoms with Crippen molar-refractivity contribution in [2.75, 3.05) is 25.1 Å². The zero-order chi connectivity index (χ0) is 24.5. The Bertz CT molecular complexity index is 1270. The summed E-state index contributed by atoms with van der Waals surface area (Å²) in [4.78, 5) is 31.0. The van der Waals surface area contributed by atoms with Crippen LogP contribution in [0.4, 0.5) is 5.69 Å². The number of aromatic nitrogens is 2. The molecule has 0 fully saturated rings. The van der Waals surface area contributed by atoms with E-state index >= 15 is 0 Å². The first-order chi connectivity index (χ1) is 17.1. The van der Waals surface area contributed by atoms with Crippen LogP contribution in [-0.4, -0.2) is 41.0 Å². The quantitative estimate of drug-likeness (QED) is 0.228. The van der Waals surface area contributed by atoms with Gasteiger partial charge in [-0.2, -0.15) is 0 Å². The standard InChI is InChI=1S/C27H28N4O3S/c1-2-34-16-8-14-28-26(32)20-9-7-10-21(17-20)30-27(33)23-11-3-4-12-24(23)35-19-22-18-31-15-6-5-13-25(31)29-22/h3-7,9-13,15,17-18H,2,8,14,16,19H2,1H3,(H,28,32)(H,30,33). The topological polar surface area (TPSA) is 84.7 Å². The molecular formula is C27H28N4O3S. The summed E-state index contributed by atoms with van der Waals surface area (Å²) in [6.07, 6.45) is 4.71. The number of hydrogen-bond acceptors (Lipinski definition) is 5. The summed E-state index contributed by atoms with van der Waals surface area (Å²) < 4.78 is 7.27. The van der Waals surface area contributed by atoms with Crippen molar-refractivity contribution in [3.63, 3.8) is 0 Å². The predicted molar refractivity (Wildman–Crippen MR) is 139 cm³/mol. The zero-order valence-corrected chi connectivity index (χ0v) is 20.4. The SMILES string of the molecule is CCOCCCNC(=O)c1cccc(NC(=O)c2ccccc2SCc2cn3ccccc3n2)c1. The van der Waals surface area contributed by atoms with E-state index in [-0.39, 0.29) is 11.8 Å². The highest BCUT2D eigenvalue weighted by Gasteiger charge is 2.14. The maximum Gasteiger partial charge on any atom is 0.256 e. The second-order valence-corrected chi connectivity index (χ2v) is 8.84. The van der Waals surface area contributed by atoms with Gasteiger partial charge in [0.25, 0.3) is 11.8 Å². The molecule has 4 rings (SSSR count). The van der Waals surface area contributed by atoms with Crippen LogP contribution in [0, 0.1) is 0 Å². The lowest BCUT2D eigenvalue weighted by atomic mass is 10.1. The second-order valence-electron chi connectivity index (χ2n) is 7.82. The van der Waals surface area contributed by atoms with E-state index in [1.165, 1.54) is 0 Å². The predicted octanol–water partition coefficient (Wildman–Crippen LogP) is 5.04. The Labute approximate surface area is 208 Å². The number of hydrogen-bond donors (Lipinski definition) is 2. The van der Waals surface area contributed by atoms with Gasteiger partial charge in [0.2, 0.25) is 0 Å². The van der Waals surface area contributed by atoms with Gasteiger partial charge in [-0.25, -0.2) is 4.98 Å². The molecule has 0 spiro atoms. The molecular weight excluding hydrogens is 460 g/mol. The van der Waals surface area contributed by atoms with Crippen molar-refractivity contribution < 1.29 is 14.3 Å². The van der Waals surface area contributed by atoms with E-state index in [9.17, 15) is 9.59 Å². The number of benzene rings is 2. The lowest BCUT2D eigenvalue weighted by molar-refractivity contribution is 0.0943. The summed E-state index contributed by atoms with van der Waals surface area (Å²) in [5.41, 5.74) is 3.47. The molecule has 0 radical (unpaired) electrons. The number of carbonyl (C=O) groups excluding carboxylic acids is 2. The lowest BCUT2D eigenvalue weighted by Crippen LogP contribution is -2.25. The van der Waals surface area contributed by atoms with E-state index in [0.717, 1.165) is 22.7 Å². The second kappa shape index (κ2) is 12.2. The lowest BCUT2D eigenvalue weighted by Gasteiger charge is -2.11. The molecule has 8 heteroatoms. The van der Waals surface area contributed by atoms with Gasteiger partial charge < -0.3 is 19.8 Å². The summed E-state index contributed by atoms with van der Waals surface area (Å²) in [7, 11) is 0. The molecule has 0 aliphatic rings. The Kier molecular flexibility index (Phi) is 8.53. The van der Waals surface area contributed by atoms with Crippen LogP contribution < -0.4 is 10.6 Å². The number of rotatable bonds is 11. The first-order valence-corrected chi connectivity index (χ1v) is 12.5. The summed E-state index contributed by atoms with van der Waals surface area (Å²) in [5, 5.41) is 5.80. The van der Waals surface area contributed by atoms with Crippen LogP contribution in [0.1, 0.15) is 39.8 Å². The monoisotopic (exact) mass is 488 g/mol.